The maximum absolute atomic E-state index is 9.24. The molecule has 1 N–H and O–H groups in total. The van der Waals surface area contributed by atoms with Crippen LogP contribution in [0, 0.1) is 11.3 Å². The summed E-state index contributed by atoms with van der Waals surface area (Å²) in [6.07, 6.45) is 2.29. The van der Waals surface area contributed by atoms with Crippen LogP contribution in [0.2, 0.25) is 0 Å². The number of likely N-dealkylation sites (tertiary alicyclic amines) is 1. The van der Waals surface area contributed by atoms with Crippen LogP contribution in [-0.4, -0.2) is 54.7 Å². The quantitative estimate of drug-likeness (QED) is 0.839. The van der Waals surface area contributed by atoms with Gasteiger partial charge in [0.2, 0.25) is 0 Å². The molecule has 2 rings (SSSR count). The maximum atomic E-state index is 9.24. The van der Waals surface area contributed by atoms with Crippen molar-refractivity contribution in [3.05, 3.63) is 35.9 Å². The molecule has 1 heterocycles. The molecule has 0 amide bonds. The van der Waals surface area contributed by atoms with E-state index in [1.807, 2.05) is 0 Å². The van der Waals surface area contributed by atoms with Gasteiger partial charge in [-0.15, -0.1) is 0 Å². The lowest BCUT2D eigenvalue weighted by Gasteiger charge is -2.38. The van der Waals surface area contributed by atoms with Gasteiger partial charge in [-0.2, -0.15) is 0 Å². The van der Waals surface area contributed by atoms with Crippen molar-refractivity contribution in [2.45, 2.75) is 33.2 Å². The zero-order chi connectivity index (χ0) is 16.0. The summed E-state index contributed by atoms with van der Waals surface area (Å²) < 4.78 is 0. The molecule has 0 spiro atoms. The number of hydrogen-bond donors (Lipinski definition) is 1. The molecule has 22 heavy (non-hydrogen) atoms. The predicted molar refractivity (Wildman–Crippen MR) is 92.8 cm³/mol. The number of rotatable bonds is 7. The second kappa shape index (κ2) is 8.09. The Bertz CT molecular complexity index is 424. The van der Waals surface area contributed by atoms with E-state index in [4.69, 9.17) is 0 Å². The number of aliphatic hydroxyl groups is 1. The van der Waals surface area contributed by atoms with E-state index in [2.05, 4.69) is 61.0 Å². The van der Waals surface area contributed by atoms with Gasteiger partial charge in [-0.3, -0.25) is 0 Å². The molecule has 0 unspecified atom stereocenters. The minimum atomic E-state index is 0.287. The molecule has 3 nitrogen and oxygen atoms in total. The van der Waals surface area contributed by atoms with Gasteiger partial charge in [-0.05, 0) is 49.9 Å². The molecule has 0 radical (unpaired) electrons. The number of aliphatic hydroxyl groups excluding tert-OH is 1. The lowest BCUT2D eigenvalue weighted by molar-refractivity contribution is 0.0844. The first-order valence-corrected chi connectivity index (χ1v) is 8.54. The van der Waals surface area contributed by atoms with Crippen molar-refractivity contribution in [1.82, 2.24) is 9.80 Å². The van der Waals surface area contributed by atoms with Crippen LogP contribution in [0.5, 0.6) is 0 Å². The Morgan fingerprint density at radius 1 is 1.18 bits per heavy atom. The fraction of sp³-hybridized carbons (Fsp3) is 0.684. The number of nitrogens with zero attached hydrogens (tertiary/aromatic N) is 2. The first-order chi connectivity index (χ1) is 10.5. The fourth-order valence-electron chi connectivity index (χ4n) is 3.66. The smallest absolute Gasteiger partial charge is 0.0460 e. The summed E-state index contributed by atoms with van der Waals surface area (Å²) in [4.78, 5) is 5.00. The number of hydrogen-bond acceptors (Lipinski definition) is 3. The summed E-state index contributed by atoms with van der Waals surface area (Å²) in [6.45, 7) is 10.6. The lowest BCUT2D eigenvalue weighted by atomic mass is 9.89. The van der Waals surface area contributed by atoms with Gasteiger partial charge in [0.15, 0.2) is 0 Å². The van der Waals surface area contributed by atoms with Crippen molar-refractivity contribution in [2.24, 2.45) is 11.3 Å². The third-order valence-electron chi connectivity index (χ3n) is 4.61. The molecule has 0 bridgehead atoms. The molecule has 124 valence electrons. The van der Waals surface area contributed by atoms with Gasteiger partial charge in [-0.1, -0.05) is 44.2 Å². The maximum Gasteiger partial charge on any atom is 0.0460 e. The zero-order valence-corrected chi connectivity index (χ0v) is 14.5. The first kappa shape index (κ1) is 17.5. The first-order valence-electron chi connectivity index (χ1n) is 8.54. The number of benzene rings is 1. The van der Waals surface area contributed by atoms with E-state index < -0.39 is 0 Å². The molecule has 0 aliphatic carbocycles. The fourth-order valence-corrected chi connectivity index (χ4v) is 3.66. The molecule has 1 fully saturated rings. The van der Waals surface area contributed by atoms with Crippen molar-refractivity contribution in [3.8, 4) is 0 Å². The standard InChI is InChI=1S/C19H32N2O/c1-19(2,16-21-11-9-18(14-22)10-12-21)15-20(3)13-17-7-5-4-6-8-17/h4-8,18,22H,9-16H2,1-3H3. The monoisotopic (exact) mass is 304 g/mol. The van der Waals surface area contributed by atoms with Crippen molar-refractivity contribution in [1.29, 1.82) is 0 Å². The molecule has 0 saturated carbocycles. The molecular weight excluding hydrogens is 272 g/mol. The number of piperidine rings is 1. The predicted octanol–water partition coefficient (Wildman–Crippen LogP) is 2.85. The van der Waals surface area contributed by atoms with Gasteiger partial charge in [0.05, 0.1) is 0 Å². The topological polar surface area (TPSA) is 26.7 Å². The van der Waals surface area contributed by atoms with Gasteiger partial charge in [0, 0.05) is 26.2 Å². The molecular formula is C19H32N2O. The Kier molecular flexibility index (Phi) is 6.42. The second-order valence-corrected chi connectivity index (χ2v) is 7.72. The largest absolute Gasteiger partial charge is 0.396 e. The van der Waals surface area contributed by atoms with E-state index in [0.29, 0.717) is 12.5 Å². The summed E-state index contributed by atoms with van der Waals surface area (Å²) >= 11 is 0. The van der Waals surface area contributed by atoms with Crippen molar-refractivity contribution < 1.29 is 5.11 Å². The highest BCUT2D eigenvalue weighted by Gasteiger charge is 2.26. The molecule has 1 aliphatic rings. The summed E-state index contributed by atoms with van der Waals surface area (Å²) in [5.74, 6) is 0.528. The van der Waals surface area contributed by atoms with Crippen LogP contribution in [-0.2, 0) is 6.54 Å². The van der Waals surface area contributed by atoms with E-state index in [1.54, 1.807) is 0 Å². The van der Waals surface area contributed by atoms with E-state index >= 15 is 0 Å². The average Bonchev–Trinajstić information content (AvgIpc) is 2.48. The van der Waals surface area contributed by atoms with Gasteiger partial charge in [0.25, 0.3) is 0 Å². The van der Waals surface area contributed by atoms with Crippen LogP contribution in [0.4, 0.5) is 0 Å². The molecule has 0 aromatic heterocycles. The Morgan fingerprint density at radius 2 is 1.82 bits per heavy atom. The molecule has 3 heteroatoms. The van der Waals surface area contributed by atoms with Gasteiger partial charge >= 0.3 is 0 Å². The van der Waals surface area contributed by atoms with E-state index in [0.717, 1.165) is 45.6 Å². The normalized spacial score (nSPS) is 18.0. The van der Waals surface area contributed by atoms with E-state index in [1.165, 1.54) is 5.56 Å². The lowest BCUT2D eigenvalue weighted by Crippen LogP contribution is -2.44. The highest BCUT2D eigenvalue weighted by Crippen LogP contribution is 2.23. The van der Waals surface area contributed by atoms with Crippen molar-refractivity contribution >= 4 is 0 Å². The van der Waals surface area contributed by atoms with Gasteiger partial charge in [-0.25, -0.2) is 0 Å². The van der Waals surface area contributed by atoms with Crippen molar-refractivity contribution in [2.75, 3.05) is 39.8 Å². The minimum absolute atomic E-state index is 0.287. The Labute approximate surface area is 135 Å². The Morgan fingerprint density at radius 3 is 2.41 bits per heavy atom. The SMILES string of the molecule is CN(Cc1ccccc1)CC(C)(C)CN1CCC(CO)CC1. The average molecular weight is 304 g/mol. The van der Waals surface area contributed by atoms with Crippen LogP contribution in [0.25, 0.3) is 0 Å². The summed E-state index contributed by atoms with van der Waals surface area (Å²) in [5.41, 5.74) is 1.67. The van der Waals surface area contributed by atoms with Crippen LogP contribution in [0.1, 0.15) is 32.3 Å². The minimum Gasteiger partial charge on any atom is -0.396 e. The molecule has 1 saturated heterocycles. The van der Waals surface area contributed by atoms with Crippen LogP contribution in [0.15, 0.2) is 30.3 Å². The third-order valence-corrected chi connectivity index (χ3v) is 4.61. The van der Waals surface area contributed by atoms with Crippen molar-refractivity contribution in [3.63, 3.8) is 0 Å². The Balaban J connectivity index is 1.78. The van der Waals surface area contributed by atoms with E-state index in [-0.39, 0.29) is 5.41 Å². The molecule has 1 aliphatic heterocycles. The van der Waals surface area contributed by atoms with Gasteiger partial charge < -0.3 is 14.9 Å². The summed E-state index contributed by atoms with van der Waals surface area (Å²) in [6, 6.07) is 10.7. The molecule has 1 aromatic rings. The summed E-state index contributed by atoms with van der Waals surface area (Å²) in [5, 5.41) is 9.24. The highest BCUT2D eigenvalue weighted by atomic mass is 16.3. The van der Waals surface area contributed by atoms with Crippen LogP contribution >= 0.6 is 0 Å². The molecule has 0 atom stereocenters. The second-order valence-electron chi connectivity index (χ2n) is 7.72. The zero-order valence-electron chi connectivity index (χ0n) is 14.5. The Hall–Kier alpha value is -0.900. The highest BCUT2D eigenvalue weighted by molar-refractivity contribution is 5.14. The van der Waals surface area contributed by atoms with Crippen LogP contribution in [0.3, 0.4) is 0 Å². The van der Waals surface area contributed by atoms with Crippen LogP contribution < -0.4 is 0 Å². The summed E-state index contributed by atoms with van der Waals surface area (Å²) in [7, 11) is 2.22. The van der Waals surface area contributed by atoms with Gasteiger partial charge in [0.1, 0.15) is 0 Å². The third kappa shape index (κ3) is 5.71. The van der Waals surface area contributed by atoms with E-state index in [9.17, 15) is 5.11 Å². The molecule has 1 aromatic carbocycles.